The number of aromatic nitrogens is 2. The van der Waals surface area contributed by atoms with Crippen molar-refractivity contribution in [2.45, 2.75) is 20.0 Å². The van der Waals surface area contributed by atoms with Gasteiger partial charge in [0.25, 0.3) is 5.91 Å². The maximum Gasteiger partial charge on any atom is 0.271 e. The van der Waals surface area contributed by atoms with Crippen LogP contribution in [-0.2, 0) is 20.1 Å². The Kier molecular flexibility index (Phi) is 3.97. The Morgan fingerprint density at radius 3 is 2.84 bits per heavy atom. The Labute approximate surface area is 112 Å². The average molecular weight is 258 g/mol. The Bertz CT molecular complexity index is 589. The van der Waals surface area contributed by atoms with Crippen LogP contribution >= 0.6 is 0 Å². The van der Waals surface area contributed by atoms with Gasteiger partial charge in [0.1, 0.15) is 5.69 Å². The highest BCUT2D eigenvalue weighted by atomic mass is 16.1. The highest BCUT2D eigenvalue weighted by Gasteiger charge is 2.08. The van der Waals surface area contributed by atoms with Gasteiger partial charge in [-0.2, -0.15) is 0 Å². The molecular formula is C14H18N4O. The van der Waals surface area contributed by atoms with E-state index in [1.807, 2.05) is 32.2 Å². The van der Waals surface area contributed by atoms with E-state index in [1.54, 1.807) is 17.1 Å². The molecule has 0 fully saturated rings. The van der Waals surface area contributed by atoms with E-state index in [9.17, 15) is 4.79 Å². The Morgan fingerprint density at radius 2 is 2.26 bits per heavy atom. The third-order valence-corrected chi connectivity index (χ3v) is 3.02. The molecule has 0 bridgehead atoms. The molecule has 0 aliphatic rings. The summed E-state index contributed by atoms with van der Waals surface area (Å²) >= 11 is 0. The van der Waals surface area contributed by atoms with Crippen molar-refractivity contribution in [2.75, 3.05) is 0 Å². The fraction of sp³-hybridized carbons (Fsp3) is 0.286. The summed E-state index contributed by atoms with van der Waals surface area (Å²) in [6, 6.07) is 6.02. The van der Waals surface area contributed by atoms with Crippen molar-refractivity contribution in [2.24, 2.45) is 12.8 Å². The smallest absolute Gasteiger partial charge is 0.271 e. The standard InChI is InChI=1S/C14H18N4O/c1-10-5-11(6-15)3-4-12(10)7-16-14(19)13-8-18(2)9-17-13/h3-5,8-9H,6-7,15H2,1-2H3,(H,16,19). The van der Waals surface area contributed by atoms with Gasteiger partial charge < -0.3 is 15.6 Å². The molecule has 0 radical (unpaired) electrons. The number of hydrogen-bond donors (Lipinski definition) is 2. The molecule has 0 atom stereocenters. The number of hydrogen-bond acceptors (Lipinski definition) is 3. The molecule has 100 valence electrons. The number of nitrogens with two attached hydrogens (primary N) is 1. The second kappa shape index (κ2) is 5.67. The van der Waals surface area contributed by atoms with Crippen LogP contribution in [0.4, 0.5) is 0 Å². The van der Waals surface area contributed by atoms with Crippen molar-refractivity contribution < 1.29 is 4.79 Å². The predicted molar refractivity (Wildman–Crippen MR) is 73.4 cm³/mol. The molecule has 0 aliphatic heterocycles. The quantitative estimate of drug-likeness (QED) is 0.863. The van der Waals surface area contributed by atoms with Crippen LogP contribution in [0, 0.1) is 6.92 Å². The minimum Gasteiger partial charge on any atom is -0.347 e. The van der Waals surface area contributed by atoms with Crippen LogP contribution in [0.3, 0.4) is 0 Å². The molecular weight excluding hydrogens is 240 g/mol. The van der Waals surface area contributed by atoms with E-state index in [4.69, 9.17) is 5.73 Å². The average Bonchev–Trinajstić information content (AvgIpc) is 2.83. The number of rotatable bonds is 4. The number of imidazole rings is 1. The lowest BCUT2D eigenvalue weighted by Gasteiger charge is -2.08. The van der Waals surface area contributed by atoms with Crippen LogP contribution in [0.2, 0.25) is 0 Å². The van der Waals surface area contributed by atoms with E-state index in [2.05, 4.69) is 10.3 Å². The largest absolute Gasteiger partial charge is 0.347 e. The van der Waals surface area contributed by atoms with E-state index >= 15 is 0 Å². The fourth-order valence-electron chi connectivity index (χ4n) is 1.88. The van der Waals surface area contributed by atoms with Crippen molar-refractivity contribution in [1.82, 2.24) is 14.9 Å². The highest BCUT2D eigenvalue weighted by molar-refractivity contribution is 5.91. The number of nitrogens with zero attached hydrogens (tertiary/aromatic N) is 2. The molecule has 0 spiro atoms. The van der Waals surface area contributed by atoms with E-state index in [1.165, 1.54) is 0 Å². The van der Waals surface area contributed by atoms with Gasteiger partial charge in [-0.25, -0.2) is 4.98 Å². The van der Waals surface area contributed by atoms with Crippen LogP contribution < -0.4 is 11.1 Å². The maximum absolute atomic E-state index is 11.9. The summed E-state index contributed by atoms with van der Waals surface area (Å²) in [5.41, 5.74) is 9.33. The van der Waals surface area contributed by atoms with Gasteiger partial charge >= 0.3 is 0 Å². The number of aryl methyl sites for hydroxylation is 2. The van der Waals surface area contributed by atoms with E-state index in [0.717, 1.165) is 16.7 Å². The fourth-order valence-corrected chi connectivity index (χ4v) is 1.88. The van der Waals surface area contributed by atoms with Crippen molar-refractivity contribution in [3.05, 3.63) is 53.1 Å². The zero-order valence-electron chi connectivity index (χ0n) is 11.2. The van der Waals surface area contributed by atoms with Gasteiger partial charge in [-0.05, 0) is 23.6 Å². The van der Waals surface area contributed by atoms with Crippen molar-refractivity contribution >= 4 is 5.91 Å². The van der Waals surface area contributed by atoms with Crippen LogP contribution in [-0.4, -0.2) is 15.5 Å². The first-order valence-electron chi connectivity index (χ1n) is 6.15. The summed E-state index contributed by atoms with van der Waals surface area (Å²) in [6.07, 6.45) is 3.30. The lowest BCUT2D eigenvalue weighted by Crippen LogP contribution is -2.23. The molecule has 0 saturated carbocycles. The molecule has 0 saturated heterocycles. The number of carbonyl (C=O) groups excluding carboxylic acids is 1. The molecule has 1 amide bonds. The van der Waals surface area contributed by atoms with Gasteiger partial charge in [-0.1, -0.05) is 18.2 Å². The van der Waals surface area contributed by atoms with Crippen molar-refractivity contribution in [3.8, 4) is 0 Å². The summed E-state index contributed by atoms with van der Waals surface area (Å²) < 4.78 is 1.75. The zero-order chi connectivity index (χ0) is 13.8. The molecule has 2 aromatic rings. The van der Waals surface area contributed by atoms with Crippen LogP contribution in [0.1, 0.15) is 27.2 Å². The predicted octanol–water partition coefficient (Wildman–Crippen LogP) is 1.12. The monoisotopic (exact) mass is 258 g/mol. The highest BCUT2D eigenvalue weighted by Crippen LogP contribution is 2.10. The van der Waals surface area contributed by atoms with E-state index in [0.29, 0.717) is 18.8 Å². The summed E-state index contributed by atoms with van der Waals surface area (Å²) in [4.78, 5) is 15.9. The molecule has 0 aliphatic carbocycles. The molecule has 5 heteroatoms. The van der Waals surface area contributed by atoms with Crippen LogP contribution in [0.5, 0.6) is 0 Å². The molecule has 1 heterocycles. The number of nitrogens with one attached hydrogen (secondary N) is 1. The van der Waals surface area contributed by atoms with Gasteiger partial charge in [0.2, 0.25) is 0 Å². The van der Waals surface area contributed by atoms with Gasteiger partial charge in [-0.15, -0.1) is 0 Å². The summed E-state index contributed by atoms with van der Waals surface area (Å²) in [5, 5.41) is 2.86. The SMILES string of the molecule is Cc1cc(CN)ccc1CNC(=O)c1cn(C)cn1. The van der Waals surface area contributed by atoms with Gasteiger partial charge in [0.05, 0.1) is 6.33 Å². The maximum atomic E-state index is 11.9. The van der Waals surface area contributed by atoms with Crippen LogP contribution in [0.25, 0.3) is 0 Å². The first-order valence-corrected chi connectivity index (χ1v) is 6.15. The molecule has 3 N–H and O–H groups in total. The van der Waals surface area contributed by atoms with E-state index in [-0.39, 0.29) is 5.91 Å². The Hall–Kier alpha value is -2.14. The molecule has 19 heavy (non-hydrogen) atoms. The number of amides is 1. The lowest BCUT2D eigenvalue weighted by atomic mass is 10.1. The first-order chi connectivity index (χ1) is 9.10. The van der Waals surface area contributed by atoms with Gasteiger partial charge in [0, 0.05) is 26.3 Å². The minimum atomic E-state index is -0.164. The second-order valence-electron chi connectivity index (χ2n) is 4.57. The number of benzene rings is 1. The summed E-state index contributed by atoms with van der Waals surface area (Å²) in [6.45, 7) is 3.04. The Morgan fingerprint density at radius 1 is 1.47 bits per heavy atom. The molecule has 1 aromatic heterocycles. The minimum absolute atomic E-state index is 0.164. The van der Waals surface area contributed by atoms with Gasteiger partial charge in [0.15, 0.2) is 0 Å². The zero-order valence-corrected chi connectivity index (χ0v) is 11.2. The summed E-state index contributed by atoms with van der Waals surface area (Å²) in [5.74, 6) is -0.164. The third kappa shape index (κ3) is 3.20. The lowest BCUT2D eigenvalue weighted by molar-refractivity contribution is 0.0946. The van der Waals surface area contributed by atoms with Crippen molar-refractivity contribution in [1.29, 1.82) is 0 Å². The molecule has 0 unspecified atom stereocenters. The molecule has 5 nitrogen and oxygen atoms in total. The normalized spacial score (nSPS) is 10.5. The molecule has 2 rings (SSSR count). The third-order valence-electron chi connectivity index (χ3n) is 3.02. The number of carbonyl (C=O) groups is 1. The first kappa shape index (κ1) is 13.3. The topological polar surface area (TPSA) is 72.9 Å². The molecule has 1 aromatic carbocycles. The van der Waals surface area contributed by atoms with Crippen LogP contribution in [0.15, 0.2) is 30.7 Å². The van der Waals surface area contributed by atoms with Crippen molar-refractivity contribution in [3.63, 3.8) is 0 Å². The second-order valence-corrected chi connectivity index (χ2v) is 4.57. The summed E-state index contributed by atoms with van der Waals surface area (Å²) in [7, 11) is 1.83. The van der Waals surface area contributed by atoms with E-state index < -0.39 is 0 Å². The Balaban J connectivity index is 2.01. The van der Waals surface area contributed by atoms with Gasteiger partial charge in [-0.3, -0.25) is 4.79 Å².